The molecule has 20 heavy (non-hydrogen) atoms. The Balaban J connectivity index is 2.81. The zero-order valence-electron chi connectivity index (χ0n) is 13.5. The van der Waals surface area contributed by atoms with E-state index < -0.39 is 7.80 Å². The van der Waals surface area contributed by atoms with E-state index in [0.717, 1.165) is 17.5 Å². The van der Waals surface area contributed by atoms with Crippen molar-refractivity contribution in [2.75, 3.05) is 6.16 Å². The van der Waals surface area contributed by atoms with E-state index in [4.69, 9.17) is 0 Å². The summed E-state index contributed by atoms with van der Waals surface area (Å²) < 4.78 is 12.3. The van der Waals surface area contributed by atoms with Gasteiger partial charge in [0.2, 0.25) is 0 Å². The molecule has 2 atom stereocenters. The molecule has 0 fully saturated rings. The molecule has 0 bridgehead atoms. The summed E-state index contributed by atoms with van der Waals surface area (Å²) in [6.45, 7) is 12.4. The summed E-state index contributed by atoms with van der Waals surface area (Å²) in [5.74, 6) is 0.298. The summed E-state index contributed by atoms with van der Waals surface area (Å²) in [5.41, 5.74) is 2.51. The van der Waals surface area contributed by atoms with E-state index in [1.807, 2.05) is 32.0 Å². The number of carbonyl (C=O) groups excluding carboxylic acids is 1. The Morgan fingerprint density at radius 2 is 1.70 bits per heavy atom. The van der Waals surface area contributed by atoms with Gasteiger partial charge in [0.05, 0.1) is 5.56 Å². The second kappa shape index (κ2) is 6.63. The molecule has 0 aromatic heterocycles. The van der Waals surface area contributed by atoms with Gasteiger partial charge in [-0.3, -0.25) is 0 Å². The summed E-state index contributed by atoms with van der Waals surface area (Å²) in [5, 5.41) is 0. The average Bonchev–Trinajstić information content (AvgIpc) is 2.25. The van der Waals surface area contributed by atoms with Crippen LogP contribution in [0.1, 0.15) is 55.6 Å². The van der Waals surface area contributed by atoms with E-state index in [1.165, 1.54) is 0 Å². The first-order chi connectivity index (χ1) is 9.11. The first-order valence-electron chi connectivity index (χ1n) is 7.17. The van der Waals surface area contributed by atoms with Crippen molar-refractivity contribution < 1.29 is 9.36 Å². The fourth-order valence-corrected chi connectivity index (χ4v) is 4.22. The molecule has 0 saturated heterocycles. The Bertz CT molecular complexity index is 492. The maximum absolute atomic E-state index is 12.4. The minimum Gasteiger partial charge on any atom is -0.234 e. The highest BCUT2D eigenvalue weighted by molar-refractivity contribution is 7.64. The molecule has 1 unspecified atom stereocenters. The predicted molar refractivity (Wildman–Crippen MR) is 86.0 cm³/mol. The smallest absolute Gasteiger partial charge is 0.234 e. The lowest BCUT2D eigenvalue weighted by Crippen LogP contribution is -2.14. The molecular weight excluding hydrogens is 267 g/mol. The van der Waals surface area contributed by atoms with Crippen LogP contribution in [0.5, 0.6) is 0 Å². The van der Waals surface area contributed by atoms with Gasteiger partial charge in [-0.05, 0) is 36.8 Å². The third-order valence-corrected chi connectivity index (χ3v) is 4.99. The molecular formula is C17H26O2P+. The third kappa shape index (κ3) is 4.83. The number of hydrogen-bond donors (Lipinski definition) is 0. The van der Waals surface area contributed by atoms with Crippen molar-refractivity contribution in [2.45, 2.75) is 48.0 Å². The maximum Gasteiger partial charge on any atom is 0.420 e. The monoisotopic (exact) mass is 293 g/mol. The third-order valence-electron chi connectivity index (χ3n) is 3.36. The fourth-order valence-electron chi connectivity index (χ4n) is 2.75. The molecule has 0 aliphatic carbocycles. The molecule has 0 amide bonds. The van der Waals surface area contributed by atoms with Crippen LogP contribution in [-0.4, -0.2) is 11.7 Å². The number of rotatable bonds is 5. The maximum atomic E-state index is 12.4. The van der Waals surface area contributed by atoms with Crippen molar-refractivity contribution in [3.63, 3.8) is 0 Å². The first-order valence-corrected chi connectivity index (χ1v) is 8.61. The Hall–Kier alpha value is -1.01. The Morgan fingerprint density at radius 3 is 2.15 bits per heavy atom. The number of hydrogen-bond acceptors (Lipinski definition) is 2. The van der Waals surface area contributed by atoms with Gasteiger partial charge in [0.1, 0.15) is 0 Å². The quantitative estimate of drug-likeness (QED) is 0.686. The highest BCUT2D eigenvalue weighted by Gasteiger charge is 2.34. The molecule has 110 valence electrons. The number of carbonyl (C=O) groups is 1. The van der Waals surface area contributed by atoms with Crippen LogP contribution >= 0.6 is 7.80 Å². The highest BCUT2D eigenvalue weighted by Crippen LogP contribution is 2.35. The van der Waals surface area contributed by atoms with E-state index >= 15 is 0 Å². The molecule has 0 spiro atoms. The van der Waals surface area contributed by atoms with Gasteiger partial charge in [-0.1, -0.05) is 50.5 Å². The van der Waals surface area contributed by atoms with Crippen LogP contribution in [0.25, 0.3) is 0 Å². The summed E-state index contributed by atoms with van der Waals surface area (Å²) in [4.78, 5) is 12.4. The van der Waals surface area contributed by atoms with Gasteiger partial charge in [0, 0.05) is 5.92 Å². The average molecular weight is 293 g/mol. The number of benzene rings is 1. The van der Waals surface area contributed by atoms with Crippen LogP contribution in [0, 0.1) is 25.2 Å². The SMILES string of the molecule is Cc1cccc(C)c1C(=O)[P+](=O)C[C@@H](C)CC(C)(C)C. The minimum absolute atomic E-state index is 0.184. The molecule has 2 nitrogen and oxygen atoms in total. The zero-order chi connectivity index (χ0) is 15.5. The zero-order valence-corrected chi connectivity index (χ0v) is 14.4. The molecule has 1 aromatic carbocycles. The van der Waals surface area contributed by atoms with Crippen molar-refractivity contribution >= 4 is 13.3 Å². The van der Waals surface area contributed by atoms with Crippen molar-refractivity contribution in [3.8, 4) is 0 Å². The normalized spacial score (nSPS) is 14.0. The van der Waals surface area contributed by atoms with E-state index in [2.05, 4.69) is 27.7 Å². The van der Waals surface area contributed by atoms with E-state index in [-0.39, 0.29) is 10.9 Å². The van der Waals surface area contributed by atoms with Gasteiger partial charge < -0.3 is 0 Å². The van der Waals surface area contributed by atoms with Crippen molar-refractivity contribution in [1.82, 2.24) is 0 Å². The van der Waals surface area contributed by atoms with Crippen LogP contribution in [0.15, 0.2) is 18.2 Å². The van der Waals surface area contributed by atoms with Crippen LogP contribution in [0.2, 0.25) is 0 Å². The van der Waals surface area contributed by atoms with Crippen LogP contribution in [0.3, 0.4) is 0 Å². The topological polar surface area (TPSA) is 34.1 Å². The summed E-state index contributed by atoms with van der Waals surface area (Å²) >= 11 is 0. The largest absolute Gasteiger partial charge is 0.420 e. The molecule has 1 rings (SSSR count). The predicted octanol–water partition coefficient (Wildman–Crippen LogP) is 5.34. The van der Waals surface area contributed by atoms with E-state index in [1.54, 1.807) is 0 Å². The van der Waals surface area contributed by atoms with Crippen molar-refractivity contribution in [1.29, 1.82) is 0 Å². The minimum atomic E-state index is -1.83. The fraction of sp³-hybridized carbons (Fsp3) is 0.588. The number of aryl methyl sites for hydroxylation is 2. The van der Waals surface area contributed by atoms with Gasteiger partial charge in [0.25, 0.3) is 0 Å². The lowest BCUT2D eigenvalue weighted by molar-refractivity contribution is 0.107. The second-order valence-corrected chi connectivity index (χ2v) is 8.53. The molecule has 0 aliphatic rings. The van der Waals surface area contributed by atoms with Gasteiger partial charge in [-0.25, -0.2) is 4.79 Å². The Kier molecular flexibility index (Phi) is 5.65. The molecule has 1 aromatic rings. The van der Waals surface area contributed by atoms with Crippen LogP contribution in [-0.2, 0) is 4.57 Å². The summed E-state index contributed by atoms with van der Waals surface area (Å²) in [6.07, 6.45) is 1.47. The molecule has 0 radical (unpaired) electrons. The summed E-state index contributed by atoms with van der Waals surface area (Å²) in [7, 11) is -1.83. The summed E-state index contributed by atoms with van der Waals surface area (Å²) in [6, 6.07) is 5.74. The van der Waals surface area contributed by atoms with Gasteiger partial charge in [-0.15, -0.1) is 0 Å². The molecule has 0 heterocycles. The highest BCUT2D eigenvalue weighted by atomic mass is 31.1. The first kappa shape index (κ1) is 17.0. The lowest BCUT2D eigenvalue weighted by Gasteiger charge is -2.20. The van der Waals surface area contributed by atoms with Crippen molar-refractivity contribution in [3.05, 3.63) is 34.9 Å². The standard InChI is InChI=1S/C17H26O2P/c1-12(10-17(4,5)6)11-20(19)16(18)15-13(2)8-7-9-14(15)3/h7-9,12H,10-11H2,1-6H3/q+1/t12-/m0/s1. The molecule has 0 N–H and O–H groups in total. The van der Waals surface area contributed by atoms with E-state index in [0.29, 0.717) is 17.6 Å². The van der Waals surface area contributed by atoms with Gasteiger partial charge >= 0.3 is 13.3 Å². The van der Waals surface area contributed by atoms with Crippen LogP contribution < -0.4 is 0 Å². The Morgan fingerprint density at radius 1 is 1.20 bits per heavy atom. The van der Waals surface area contributed by atoms with Crippen LogP contribution in [0.4, 0.5) is 0 Å². The van der Waals surface area contributed by atoms with Gasteiger partial charge in [0.15, 0.2) is 6.16 Å². The molecule has 3 heteroatoms. The lowest BCUT2D eigenvalue weighted by atomic mass is 9.86. The molecule has 0 aliphatic heterocycles. The second-order valence-electron chi connectivity index (χ2n) is 7.00. The molecule has 0 saturated carbocycles. The van der Waals surface area contributed by atoms with Crippen molar-refractivity contribution in [2.24, 2.45) is 11.3 Å². The Labute approximate surface area is 123 Å². The van der Waals surface area contributed by atoms with Gasteiger partial charge in [-0.2, -0.15) is 0 Å². The van der Waals surface area contributed by atoms with E-state index in [9.17, 15) is 9.36 Å².